The van der Waals surface area contributed by atoms with Crippen molar-refractivity contribution in [1.82, 2.24) is 14.6 Å². The van der Waals surface area contributed by atoms with Crippen LogP contribution in [0.3, 0.4) is 0 Å². The van der Waals surface area contributed by atoms with Crippen LogP contribution in [0.15, 0.2) is 34.1 Å². The highest BCUT2D eigenvalue weighted by Crippen LogP contribution is 2.30. The van der Waals surface area contributed by atoms with Crippen LogP contribution < -0.4 is 20.8 Å². The van der Waals surface area contributed by atoms with E-state index in [9.17, 15) is 9.59 Å². The van der Waals surface area contributed by atoms with Crippen molar-refractivity contribution in [3.8, 4) is 5.75 Å². The molecular formula is C22H29N5O3S. The number of amides is 1. The van der Waals surface area contributed by atoms with E-state index in [4.69, 9.17) is 4.74 Å². The third-order valence-corrected chi connectivity index (χ3v) is 6.66. The van der Waals surface area contributed by atoms with Crippen molar-refractivity contribution in [1.29, 1.82) is 0 Å². The lowest BCUT2D eigenvalue weighted by Gasteiger charge is -2.35. The van der Waals surface area contributed by atoms with Crippen molar-refractivity contribution < 1.29 is 9.53 Å². The fourth-order valence-electron chi connectivity index (χ4n) is 4.09. The molecule has 2 aliphatic rings. The zero-order valence-corrected chi connectivity index (χ0v) is 18.9. The summed E-state index contributed by atoms with van der Waals surface area (Å²) in [6.07, 6.45) is 2.78. The quantitative estimate of drug-likeness (QED) is 0.516. The number of carbonyl (C=O) groups is 1. The molecule has 1 aromatic heterocycles. The number of aromatic nitrogens is 2. The van der Waals surface area contributed by atoms with Gasteiger partial charge < -0.3 is 20.0 Å². The summed E-state index contributed by atoms with van der Waals surface area (Å²) < 4.78 is 7.36. The lowest BCUT2D eigenvalue weighted by atomic mass is 10.3. The minimum atomic E-state index is -0.241. The number of hydrogen-bond donors (Lipinski definition) is 1. The molecule has 0 radical (unpaired) electrons. The van der Waals surface area contributed by atoms with Gasteiger partial charge in [0.05, 0.1) is 23.7 Å². The third kappa shape index (κ3) is 4.88. The number of carbonyl (C=O) groups excluding carboxylic acids is 1. The molecule has 0 atom stereocenters. The van der Waals surface area contributed by atoms with E-state index in [1.807, 2.05) is 31.2 Å². The van der Waals surface area contributed by atoms with E-state index >= 15 is 0 Å². The highest BCUT2D eigenvalue weighted by Gasteiger charge is 2.26. The molecule has 1 N–H and O–H groups in total. The van der Waals surface area contributed by atoms with E-state index in [1.54, 1.807) is 4.68 Å². The maximum Gasteiger partial charge on any atom is 0.367 e. The van der Waals surface area contributed by atoms with Gasteiger partial charge in [-0.2, -0.15) is 4.98 Å². The number of likely N-dealkylation sites (N-methyl/N-ethyl adjacent to an activating group) is 1. The van der Waals surface area contributed by atoms with Crippen LogP contribution in [0, 0.1) is 0 Å². The normalized spacial score (nSPS) is 16.3. The highest BCUT2D eigenvalue weighted by molar-refractivity contribution is 8.00. The summed E-state index contributed by atoms with van der Waals surface area (Å²) in [6, 6.07) is 7.38. The number of benzene rings is 1. The molecule has 1 aliphatic heterocycles. The Kier molecular flexibility index (Phi) is 6.82. The van der Waals surface area contributed by atoms with Crippen LogP contribution in [0.4, 0.5) is 5.69 Å². The Morgan fingerprint density at radius 1 is 1.19 bits per heavy atom. The molecule has 1 aromatic carbocycles. The zero-order chi connectivity index (χ0) is 21.8. The van der Waals surface area contributed by atoms with Gasteiger partial charge >= 0.3 is 5.69 Å². The van der Waals surface area contributed by atoms with Crippen LogP contribution in [0.1, 0.15) is 24.6 Å². The van der Waals surface area contributed by atoms with Crippen LogP contribution in [-0.2, 0) is 17.6 Å². The van der Waals surface area contributed by atoms with Gasteiger partial charge in [0, 0.05) is 31.7 Å². The van der Waals surface area contributed by atoms with Gasteiger partial charge in [-0.15, -0.1) is 0 Å². The number of para-hydroxylation sites is 2. The molecule has 0 bridgehead atoms. The van der Waals surface area contributed by atoms with E-state index in [1.165, 1.54) is 11.8 Å². The third-order valence-electron chi connectivity index (χ3n) is 5.64. The largest absolute Gasteiger partial charge is 0.492 e. The van der Waals surface area contributed by atoms with Crippen LogP contribution >= 0.6 is 11.8 Å². The van der Waals surface area contributed by atoms with Gasteiger partial charge in [0.2, 0.25) is 5.91 Å². The number of ether oxygens (including phenoxy) is 1. The molecule has 166 valence electrons. The number of nitrogens with one attached hydrogen (secondary N) is 1. The molecule has 4 rings (SSSR count). The van der Waals surface area contributed by atoms with Crippen molar-refractivity contribution in [2.45, 2.75) is 31.2 Å². The standard InChI is InChI=1S/C22H29N5O3S/c1-3-30-19-10-5-4-8-17(19)23-20(28)15-31-21-16-7-6-9-18(16)27(22(29)24-21)26-13-11-25(2)12-14-26/h4-5,8,10H,3,6-7,9,11-15H2,1-2H3,(H,23,28). The monoisotopic (exact) mass is 443 g/mol. The molecule has 0 spiro atoms. The van der Waals surface area contributed by atoms with E-state index in [0.29, 0.717) is 23.1 Å². The fourth-order valence-corrected chi connectivity index (χ4v) is 4.96. The predicted octanol–water partition coefficient (Wildman–Crippen LogP) is 1.74. The molecule has 9 heteroatoms. The first-order valence-corrected chi connectivity index (χ1v) is 11.8. The Morgan fingerprint density at radius 2 is 1.97 bits per heavy atom. The van der Waals surface area contributed by atoms with Crippen LogP contribution in [-0.4, -0.2) is 66.1 Å². The molecule has 0 saturated carbocycles. The van der Waals surface area contributed by atoms with Gasteiger partial charge in [0.25, 0.3) is 0 Å². The number of anilines is 1. The maximum atomic E-state index is 12.9. The van der Waals surface area contributed by atoms with Gasteiger partial charge in [-0.25, -0.2) is 9.47 Å². The minimum absolute atomic E-state index is 0.144. The molecule has 31 heavy (non-hydrogen) atoms. The Hall–Kier alpha value is -2.52. The van der Waals surface area contributed by atoms with Gasteiger partial charge in [0.15, 0.2) is 0 Å². The number of nitrogens with zero attached hydrogens (tertiary/aromatic N) is 4. The second-order valence-electron chi connectivity index (χ2n) is 7.81. The molecule has 1 fully saturated rings. The summed E-state index contributed by atoms with van der Waals surface area (Å²) in [5, 5.41) is 5.71. The number of piperazine rings is 1. The molecular weight excluding hydrogens is 414 g/mol. The number of fused-ring (bicyclic) bond motifs is 1. The number of rotatable bonds is 7. The summed E-state index contributed by atoms with van der Waals surface area (Å²) in [5.41, 5.74) is 2.59. The van der Waals surface area contributed by atoms with Crippen LogP contribution in [0.5, 0.6) is 5.75 Å². The Morgan fingerprint density at radius 3 is 2.74 bits per heavy atom. The van der Waals surface area contributed by atoms with Crippen molar-refractivity contribution in [2.24, 2.45) is 0 Å². The first-order chi connectivity index (χ1) is 15.1. The minimum Gasteiger partial charge on any atom is -0.492 e. The van der Waals surface area contributed by atoms with Crippen molar-refractivity contribution in [2.75, 3.05) is 55.9 Å². The van der Waals surface area contributed by atoms with Crippen LogP contribution in [0.2, 0.25) is 0 Å². The maximum absolute atomic E-state index is 12.9. The van der Waals surface area contributed by atoms with Crippen LogP contribution in [0.25, 0.3) is 0 Å². The first-order valence-electron chi connectivity index (χ1n) is 10.8. The van der Waals surface area contributed by atoms with Gasteiger partial charge in [-0.05, 0) is 45.4 Å². The summed E-state index contributed by atoms with van der Waals surface area (Å²) in [7, 11) is 2.10. The Balaban J connectivity index is 1.47. The zero-order valence-electron chi connectivity index (χ0n) is 18.1. The lowest BCUT2D eigenvalue weighted by Crippen LogP contribution is -2.54. The van der Waals surface area contributed by atoms with Gasteiger partial charge in [0.1, 0.15) is 10.8 Å². The number of thioether (sulfide) groups is 1. The average molecular weight is 444 g/mol. The smallest absolute Gasteiger partial charge is 0.367 e. The molecule has 0 unspecified atom stereocenters. The van der Waals surface area contributed by atoms with E-state index < -0.39 is 0 Å². The topological polar surface area (TPSA) is 79.7 Å². The highest BCUT2D eigenvalue weighted by atomic mass is 32.2. The van der Waals surface area contributed by atoms with E-state index in [-0.39, 0.29) is 17.3 Å². The van der Waals surface area contributed by atoms with E-state index in [2.05, 4.69) is 27.3 Å². The Labute approximate surface area is 186 Å². The fraction of sp³-hybridized carbons (Fsp3) is 0.500. The second kappa shape index (κ2) is 9.74. The molecule has 1 amide bonds. The SMILES string of the molecule is CCOc1ccccc1NC(=O)CSc1nc(=O)n(N2CCN(C)CC2)c2c1CCC2. The molecule has 2 heterocycles. The summed E-state index contributed by atoms with van der Waals surface area (Å²) in [5.74, 6) is 0.698. The number of hydrogen-bond acceptors (Lipinski definition) is 7. The Bertz CT molecular complexity index is 1000. The molecule has 2 aromatic rings. The summed E-state index contributed by atoms with van der Waals surface area (Å²) in [6.45, 7) is 5.94. The molecule has 1 aliphatic carbocycles. The van der Waals surface area contributed by atoms with Crippen molar-refractivity contribution in [3.05, 3.63) is 46.0 Å². The molecule has 8 nitrogen and oxygen atoms in total. The van der Waals surface area contributed by atoms with E-state index in [0.717, 1.165) is 56.7 Å². The summed E-state index contributed by atoms with van der Waals surface area (Å²) in [4.78, 5) is 32.1. The van der Waals surface area contributed by atoms with Crippen molar-refractivity contribution in [3.63, 3.8) is 0 Å². The summed E-state index contributed by atoms with van der Waals surface area (Å²) >= 11 is 1.34. The average Bonchev–Trinajstić information content (AvgIpc) is 3.24. The first kappa shape index (κ1) is 21.7. The predicted molar refractivity (Wildman–Crippen MR) is 123 cm³/mol. The van der Waals surface area contributed by atoms with Gasteiger partial charge in [-0.3, -0.25) is 4.79 Å². The molecule has 1 saturated heterocycles. The second-order valence-corrected chi connectivity index (χ2v) is 8.78. The lowest BCUT2D eigenvalue weighted by molar-refractivity contribution is -0.113. The van der Waals surface area contributed by atoms with Gasteiger partial charge in [-0.1, -0.05) is 23.9 Å². The van der Waals surface area contributed by atoms with Crippen molar-refractivity contribution >= 4 is 23.4 Å².